The number of amides is 1. The summed E-state index contributed by atoms with van der Waals surface area (Å²) in [6, 6.07) is 2.46. The third-order valence-corrected chi connectivity index (χ3v) is 6.42. The van der Waals surface area contributed by atoms with Crippen LogP contribution in [-0.2, 0) is 6.54 Å². The Kier molecular flexibility index (Phi) is 3.37. The normalized spacial score (nSPS) is 27.1. The highest BCUT2D eigenvalue weighted by atomic mass is 19.1. The lowest BCUT2D eigenvalue weighted by molar-refractivity contribution is 0.0939. The molecular weight excluding hydrogens is 389 g/mol. The molecule has 30 heavy (non-hydrogen) atoms. The highest BCUT2D eigenvalue weighted by Gasteiger charge is 2.54. The Morgan fingerprint density at radius 2 is 2.13 bits per heavy atom. The molecule has 2 aliphatic heterocycles. The van der Waals surface area contributed by atoms with Crippen LogP contribution in [0, 0.1) is 17.7 Å². The van der Waals surface area contributed by atoms with E-state index in [-0.39, 0.29) is 29.5 Å². The van der Waals surface area contributed by atoms with Crippen LogP contribution < -0.4 is 21.5 Å². The van der Waals surface area contributed by atoms with Gasteiger partial charge in [0.05, 0.1) is 6.04 Å². The average molecular weight is 409 g/mol. The Balaban J connectivity index is 1.61. The van der Waals surface area contributed by atoms with Gasteiger partial charge in [-0.1, -0.05) is 0 Å². The number of carbonyl (C=O) groups is 1. The zero-order chi connectivity index (χ0) is 20.7. The predicted molar refractivity (Wildman–Crippen MR) is 107 cm³/mol. The topological polar surface area (TPSA) is 111 Å². The molecule has 1 aliphatic carbocycles. The Bertz CT molecular complexity index is 1280. The van der Waals surface area contributed by atoms with Gasteiger partial charge in [0.1, 0.15) is 17.2 Å². The van der Waals surface area contributed by atoms with Gasteiger partial charge >= 0.3 is 0 Å². The van der Waals surface area contributed by atoms with Gasteiger partial charge < -0.3 is 20.5 Å². The van der Waals surface area contributed by atoms with Crippen molar-refractivity contribution in [1.29, 1.82) is 0 Å². The summed E-state index contributed by atoms with van der Waals surface area (Å²) in [5.74, 6) is 0.562. The lowest BCUT2D eigenvalue weighted by Crippen LogP contribution is -2.40. The van der Waals surface area contributed by atoms with Crippen LogP contribution in [0.1, 0.15) is 35.3 Å². The molecule has 3 unspecified atom stereocenters. The molecule has 0 spiro atoms. The number of fused-ring (bicyclic) bond motifs is 8. The molecule has 9 nitrogen and oxygen atoms in total. The quantitative estimate of drug-likeness (QED) is 0.572. The second-order valence-electron chi connectivity index (χ2n) is 8.52. The molecule has 2 fully saturated rings. The second kappa shape index (κ2) is 5.80. The van der Waals surface area contributed by atoms with E-state index in [1.807, 2.05) is 4.90 Å². The van der Waals surface area contributed by atoms with Gasteiger partial charge in [-0.05, 0) is 37.3 Å². The molecule has 3 aromatic heterocycles. The van der Waals surface area contributed by atoms with E-state index in [4.69, 9.17) is 5.73 Å². The standard InChI is InChI=1S/C20H20FN7O2/c1-9-6-26-8-11(21)5-13(20(26)30)16-12-4-10(12)7-27(16)14-2-3-28-18(24-14)15(17(22)25-28)19(29)23-9/h2-3,5,8-10,12,16H,4,6-7H2,1H3,(H2,22,25)(H,23,29)/t9-,10?,12?,16?/m1/s1. The third kappa shape index (κ3) is 2.39. The highest BCUT2D eigenvalue weighted by Crippen LogP contribution is 2.56. The van der Waals surface area contributed by atoms with Gasteiger partial charge in [0, 0.05) is 37.1 Å². The average Bonchev–Trinajstić information content (AvgIpc) is 3.22. The molecule has 4 atom stereocenters. The van der Waals surface area contributed by atoms with Crippen molar-refractivity contribution >= 4 is 23.2 Å². The number of nitrogens with one attached hydrogen (secondary N) is 1. The Hall–Kier alpha value is -3.43. The van der Waals surface area contributed by atoms with Crippen LogP contribution in [0.5, 0.6) is 0 Å². The van der Waals surface area contributed by atoms with E-state index in [9.17, 15) is 14.0 Å². The summed E-state index contributed by atoms with van der Waals surface area (Å²) in [7, 11) is 0. The van der Waals surface area contributed by atoms with E-state index in [1.165, 1.54) is 21.3 Å². The lowest BCUT2D eigenvalue weighted by atomic mass is 10.0. The zero-order valence-electron chi connectivity index (χ0n) is 16.2. The predicted octanol–water partition coefficient (Wildman–Crippen LogP) is 0.942. The van der Waals surface area contributed by atoms with Gasteiger partial charge in [-0.2, -0.15) is 0 Å². The summed E-state index contributed by atoms with van der Waals surface area (Å²) in [5.41, 5.74) is 6.79. The van der Waals surface area contributed by atoms with E-state index in [0.29, 0.717) is 28.9 Å². The number of hydrogen-bond acceptors (Lipinski definition) is 6. The van der Waals surface area contributed by atoms with Gasteiger partial charge in [0.25, 0.3) is 11.5 Å². The number of nitrogens with two attached hydrogens (primary N) is 1. The van der Waals surface area contributed by atoms with Gasteiger partial charge in [-0.25, -0.2) is 13.9 Å². The zero-order valence-corrected chi connectivity index (χ0v) is 16.2. The van der Waals surface area contributed by atoms with Crippen molar-refractivity contribution in [2.75, 3.05) is 17.2 Å². The van der Waals surface area contributed by atoms with Crippen LogP contribution in [0.15, 0.2) is 29.3 Å². The maximum absolute atomic E-state index is 14.5. The molecule has 10 heteroatoms. The molecule has 1 saturated heterocycles. The summed E-state index contributed by atoms with van der Waals surface area (Å²) in [6.07, 6.45) is 3.92. The molecule has 1 amide bonds. The van der Waals surface area contributed by atoms with E-state index in [2.05, 4.69) is 15.4 Å². The van der Waals surface area contributed by atoms with E-state index < -0.39 is 17.8 Å². The van der Waals surface area contributed by atoms with Crippen molar-refractivity contribution in [3.8, 4) is 0 Å². The molecule has 154 valence electrons. The minimum Gasteiger partial charge on any atom is -0.381 e. The Morgan fingerprint density at radius 1 is 1.30 bits per heavy atom. The summed E-state index contributed by atoms with van der Waals surface area (Å²) in [5, 5.41) is 7.04. The first-order valence-corrected chi connectivity index (χ1v) is 10.0. The minimum atomic E-state index is -0.466. The molecule has 6 rings (SSSR count). The molecule has 0 aromatic carbocycles. The maximum Gasteiger partial charge on any atom is 0.259 e. The van der Waals surface area contributed by atoms with Crippen molar-refractivity contribution in [3.63, 3.8) is 0 Å². The van der Waals surface area contributed by atoms with Gasteiger partial charge in [-0.3, -0.25) is 9.59 Å². The first-order chi connectivity index (χ1) is 14.4. The van der Waals surface area contributed by atoms with Crippen molar-refractivity contribution in [2.24, 2.45) is 11.8 Å². The second-order valence-corrected chi connectivity index (χ2v) is 8.52. The monoisotopic (exact) mass is 409 g/mol. The van der Waals surface area contributed by atoms with Crippen LogP contribution in [-0.4, -0.2) is 37.7 Å². The van der Waals surface area contributed by atoms with Crippen LogP contribution in [0.3, 0.4) is 0 Å². The van der Waals surface area contributed by atoms with Crippen LogP contribution in [0.25, 0.3) is 5.65 Å². The number of anilines is 2. The molecule has 1 saturated carbocycles. The van der Waals surface area contributed by atoms with Crippen molar-refractivity contribution in [3.05, 3.63) is 51.8 Å². The number of carbonyl (C=O) groups excluding carboxylic acids is 1. The van der Waals surface area contributed by atoms with Gasteiger partial charge in [0.2, 0.25) is 0 Å². The number of nitrogens with zero attached hydrogens (tertiary/aromatic N) is 5. The molecule has 0 radical (unpaired) electrons. The molecule has 4 bridgehead atoms. The highest BCUT2D eigenvalue weighted by molar-refractivity contribution is 6.04. The number of aromatic nitrogens is 4. The maximum atomic E-state index is 14.5. The summed E-state index contributed by atoms with van der Waals surface area (Å²) < 4.78 is 17.3. The summed E-state index contributed by atoms with van der Waals surface area (Å²) in [6.45, 7) is 2.63. The lowest BCUT2D eigenvalue weighted by Gasteiger charge is -2.29. The number of piperidine rings is 1. The van der Waals surface area contributed by atoms with Crippen molar-refractivity contribution in [2.45, 2.75) is 32.0 Å². The first-order valence-electron chi connectivity index (χ1n) is 10.0. The number of pyridine rings is 1. The first kappa shape index (κ1) is 17.4. The Morgan fingerprint density at radius 3 is 2.97 bits per heavy atom. The van der Waals surface area contributed by atoms with E-state index in [0.717, 1.165) is 13.0 Å². The van der Waals surface area contributed by atoms with Crippen molar-refractivity contribution < 1.29 is 9.18 Å². The molecule has 3 N–H and O–H groups in total. The third-order valence-electron chi connectivity index (χ3n) is 6.42. The molecule has 3 aliphatic rings. The molecule has 3 aromatic rings. The van der Waals surface area contributed by atoms with Crippen LogP contribution >= 0.6 is 0 Å². The summed E-state index contributed by atoms with van der Waals surface area (Å²) >= 11 is 0. The largest absolute Gasteiger partial charge is 0.381 e. The summed E-state index contributed by atoms with van der Waals surface area (Å²) in [4.78, 5) is 32.9. The molecular formula is C20H20FN7O2. The SMILES string of the molecule is C[C@@H]1Cn2cc(F)cc(c2=O)C2C3CC3CN2c2ccn3nc(N)c(c3n2)C(=O)N1. The van der Waals surface area contributed by atoms with Crippen LogP contribution in [0.2, 0.25) is 0 Å². The smallest absolute Gasteiger partial charge is 0.259 e. The van der Waals surface area contributed by atoms with Crippen LogP contribution in [0.4, 0.5) is 16.0 Å². The minimum absolute atomic E-state index is 0.0869. The van der Waals surface area contributed by atoms with Crippen molar-refractivity contribution in [1.82, 2.24) is 24.5 Å². The number of nitrogen functional groups attached to an aromatic ring is 1. The fraction of sp³-hybridized carbons (Fsp3) is 0.400. The molecule has 5 heterocycles. The van der Waals surface area contributed by atoms with Gasteiger partial charge in [0.15, 0.2) is 11.5 Å². The Labute approximate surface area is 170 Å². The van der Waals surface area contributed by atoms with E-state index >= 15 is 0 Å². The van der Waals surface area contributed by atoms with E-state index in [1.54, 1.807) is 19.2 Å². The number of hydrogen-bond donors (Lipinski definition) is 2. The van der Waals surface area contributed by atoms with Gasteiger partial charge in [-0.15, -0.1) is 5.10 Å². The fourth-order valence-corrected chi connectivity index (χ4v) is 5.02. The number of halogens is 1. The fourth-order valence-electron chi connectivity index (χ4n) is 5.02. The number of rotatable bonds is 0.